The van der Waals surface area contributed by atoms with Gasteiger partial charge in [0.2, 0.25) is 5.91 Å². The first kappa shape index (κ1) is 10.8. The standard InChI is InChI=1S/C12H17N3O/c1-8-10(13)4-3-5-11(8)15-7-6-14-12(16)9(15)2/h3-5,9H,6-7,13H2,1-2H3,(H,14,16). The van der Waals surface area contributed by atoms with E-state index in [2.05, 4.69) is 10.2 Å². The molecule has 2 rings (SSSR count). The summed E-state index contributed by atoms with van der Waals surface area (Å²) in [5, 5.41) is 2.85. The Morgan fingerprint density at radius 3 is 3.00 bits per heavy atom. The van der Waals surface area contributed by atoms with E-state index in [-0.39, 0.29) is 11.9 Å². The zero-order valence-corrected chi connectivity index (χ0v) is 9.66. The monoisotopic (exact) mass is 219 g/mol. The SMILES string of the molecule is Cc1c(N)cccc1N1CCNC(=O)C1C. The largest absolute Gasteiger partial charge is 0.398 e. The number of nitrogens with two attached hydrogens (primary N) is 1. The van der Waals surface area contributed by atoms with Crippen LogP contribution in [0.5, 0.6) is 0 Å². The average Bonchev–Trinajstić information content (AvgIpc) is 2.27. The lowest BCUT2D eigenvalue weighted by molar-refractivity contribution is -0.122. The van der Waals surface area contributed by atoms with Crippen molar-refractivity contribution in [2.75, 3.05) is 23.7 Å². The van der Waals surface area contributed by atoms with Gasteiger partial charge in [-0.25, -0.2) is 0 Å². The van der Waals surface area contributed by atoms with Crippen molar-refractivity contribution in [3.63, 3.8) is 0 Å². The van der Waals surface area contributed by atoms with E-state index in [1.165, 1.54) is 0 Å². The van der Waals surface area contributed by atoms with Crippen LogP contribution in [0.2, 0.25) is 0 Å². The number of nitrogen functional groups attached to an aromatic ring is 1. The molecule has 16 heavy (non-hydrogen) atoms. The lowest BCUT2D eigenvalue weighted by Crippen LogP contribution is -2.54. The van der Waals surface area contributed by atoms with Gasteiger partial charge in [0.15, 0.2) is 0 Å². The van der Waals surface area contributed by atoms with E-state index in [1.807, 2.05) is 32.0 Å². The summed E-state index contributed by atoms with van der Waals surface area (Å²) in [6, 6.07) is 5.69. The van der Waals surface area contributed by atoms with E-state index in [0.29, 0.717) is 6.54 Å². The fraction of sp³-hybridized carbons (Fsp3) is 0.417. The molecule has 1 heterocycles. The molecule has 86 valence electrons. The molecule has 0 radical (unpaired) electrons. The third kappa shape index (κ3) is 1.71. The molecule has 1 aliphatic heterocycles. The predicted molar refractivity (Wildman–Crippen MR) is 65.4 cm³/mol. The van der Waals surface area contributed by atoms with E-state index in [1.54, 1.807) is 0 Å². The van der Waals surface area contributed by atoms with Crippen LogP contribution in [0.4, 0.5) is 11.4 Å². The molecule has 0 aromatic heterocycles. The van der Waals surface area contributed by atoms with E-state index in [0.717, 1.165) is 23.5 Å². The molecule has 4 nitrogen and oxygen atoms in total. The van der Waals surface area contributed by atoms with Crippen LogP contribution < -0.4 is 16.0 Å². The number of carbonyl (C=O) groups is 1. The van der Waals surface area contributed by atoms with Gasteiger partial charge < -0.3 is 16.0 Å². The molecular weight excluding hydrogens is 202 g/mol. The highest BCUT2D eigenvalue weighted by atomic mass is 16.2. The minimum Gasteiger partial charge on any atom is -0.398 e. The van der Waals surface area contributed by atoms with E-state index >= 15 is 0 Å². The second-order valence-corrected chi connectivity index (χ2v) is 4.15. The van der Waals surface area contributed by atoms with Crippen LogP contribution in [-0.2, 0) is 4.79 Å². The molecule has 0 aliphatic carbocycles. The normalized spacial score (nSPS) is 20.8. The van der Waals surface area contributed by atoms with Crippen molar-refractivity contribution in [2.45, 2.75) is 19.9 Å². The number of amides is 1. The Kier molecular flexibility index (Phi) is 2.73. The van der Waals surface area contributed by atoms with E-state index in [4.69, 9.17) is 5.73 Å². The summed E-state index contributed by atoms with van der Waals surface area (Å²) in [4.78, 5) is 13.7. The number of rotatable bonds is 1. The smallest absolute Gasteiger partial charge is 0.242 e. The molecule has 0 bridgehead atoms. The Hall–Kier alpha value is -1.71. The maximum Gasteiger partial charge on any atom is 0.242 e. The number of nitrogens with zero attached hydrogens (tertiary/aromatic N) is 1. The van der Waals surface area contributed by atoms with Crippen molar-refractivity contribution in [3.8, 4) is 0 Å². The molecule has 1 saturated heterocycles. The minimum atomic E-state index is -0.130. The van der Waals surface area contributed by atoms with Crippen LogP contribution in [0.3, 0.4) is 0 Å². The molecule has 0 spiro atoms. The van der Waals surface area contributed by atoms with Crippen molar-refractivity contribution in [1.29, 1.82) is 0 Å². The van der Waals surface area contributed by atoms with E-state index < -0.39 is 0 Å². The molecule has 1 fully saturated rings. The highest BCUT2D eigenvalue weighted by molar-refractivity contribution is 5.86. The Balaban J connectivity index is 2.36. The topological polar surface area (TPSA) is 58.4 Å². The lowest BCUT2D eigenvalue weighted by Gasteiger charge is -2.35. The quantitative estimate of drug-likeness (QED) is 0.690. The highest BCUT2D eigenvalue weighted by Crippen LogP contribution is 2.26. The molecule has 1 unspecified atom stereocenters. The van der Waals surface area contributed by atoms with Gasteiger partial charge in [0.05, 0.1) is 0 Å². The zero-order chi connectivity index (χ0) is 11.7. The summed E-state index contributed by atoms with van der Waals surface area (Å²) in [7, 11) is 0. The van der Waals surface area contributed by atoms with Gasteiger partial charge in [-0.05, 0) is 31.5 Å². The molecule has 4 heteroatoms. The van der Waals surface area contributed by atoms with Gasteiger partial charge in [0, 0.05) is 24.5 Å². The minimum absolute atomic E-state index is 0.0769. The van der Waals surface area contributed by atoms with Crippen LogP contribution in [0.25, 0.3) is 0 Å². The van der Waals surface area contributed by atoms with Crippen LogP contribution in [0.15, 0.2) is 18.2 Å². The Labute approximate surface area is 95.4 Å². The molecule has 1 atom stereocenters. The molecule has 1 amide bonds. The predicted octanol–water partition coefficient (Wildman–Crippen LogP) is 0.902. The van der Waals surface area contributed by atoms with Gasteiger partial charge >= 0.3 is 0 Å². The number of nitrogens with one attached hydrogen (secondary N) is 1. The molecule has 1 aliphatic rings. The Morgan fingerprint density at radius 1 is 1.50 bits per heavy atom. The maximum absolute atomic E-state index is 11.6. The van der Waals surface area contributed by atoms with Gasteiger partial charge in [-0.3, -0.25) is 4.79 Å². The molecule has 0 saturated carbocycles. The van der Waals surface area contributed by atoms with Gasteiger partial charge in [-0.2, -0.15) is 0 Å². The molecule has 1 aromatic rings. The van der Waals surface area contributed by atoms with E-state index in [9.17, 15) is 4.79 Å². The van der Waals surface area contributed by atoms with Crippen LogP contribution in [-0.4, -0.2) is 25.0 Å². The fourth-order valence-corrected chi connectivity index (χ4v) is 2.06. The summed E-state index contributed by atoms with van der Waals surface area (Å²) < 4.78 is 0. The lowest BCUT2D eigenvalue weighted by atomic mass is 10.1. The second-order valence-electron chi connectivity index (χ2n) is 4.15. The number of hydrogen-bond acceptors (Lipinski definition) is 3. The number of carbonyl (C=O) groups excluding carboxylic acids is 1. The molecular formula is C12H17N3O. The second kappa shape index (κ2) is 4.04. The van der Waals surface area contributed by atoms with Crippen molar-refractivity contribution in [2.24, 2.45) is 0 Å². The molecule has 1 aromatic carbocycles. The number of piperazine rings is 1. The van der Waals surface area contributed by atoms with Crippen molar-refractivity contribution < 1.29 is 4.79 Å². The average molecular weight is 219 g/mol. The van der Waals surface area contributed by atoms with Crippen LogP contribution in [0, 0.1) is 6.92 Å². The first-order valence-electron chi connectivity index (χ1n) is 5.50. The van der Waals surface area contributed by atoms with Crippen LogP contribution in [0.1, 0.15) is 12.5 Å². The summed E-state index contributed by atoms with van der Waals surface area (Å²) >= 11 is 0. The Bertz CT molecular complexity index is 417. The third-order valence-corrected chi connectivity index (χ3v) is 3.16. The van der Waals surface area contributed by atoms with Gasteiger partial charge in [0.1, 0.15) is 6.04 Å². The van der Waals surface area contributed by atoms with Gasteiger partial charge in [-0.15, -0.1) is 0 Å². The first-order valence-corrected chi connectivity index (χ1v) is 5.50. The summed E-state index contributed by atoms with van der Waals surface area (Å²) in [5.74, 6) is 0.0769. The van der Waals surface area contributed by atoms with Crippen molar-refractivity contribution in [3.05, 3.63) is 23.8 Å². The highest BCUT2D eigenvalue weighted by Gasteiger charge is 2.26. The molecule has 3 N–H and O–H groups in total. The Morgan fingerprint density at radius 2 is 2.25 bits per heavy atom. The summed E-state index contributed by atoms with van der Waals surface area (Å²) in [6.07, 6.45) is 0. The number of hydrogen-bond donors (Lipinski definition) is 2. The van der Waals surface area contributed by atoms with Crippen molar-refractivity contribution in [1.82, 2.24) is 5.32 Å². The maximum atomic E-state index is 11.6. The third-order valence-electron chi connectivity index (χ3n) is 3.16. The zero-order valence-electron chi connectivity index (χ0n) is 9.66. The van der Waals surface area contributed by atoms with Crippen LogP contribution >= 0.6 is 0 Å². The summed E-state index contributed by atoms with van der Waals surface area (Å²) in [6.45, 7) is 5.43. The van der Waals surface area contributed by atoms with Gasteiger partial charge in [-0.1, -0.05) is 6.07 Å². The first-order chi connectivity index (χ1) is 7.61. The number of benzene rings is 1. The van der Waals surface area contributed by atoms with Gasteiger partial charge in [0.25, 0.3) is 0 Å². The fourth-order valence-electron chi connectivity index (χ4n) is 2.06. The van der Waals surface area contributed by atoms with Crippen molar-refractivity contribution >= 4 is 17.3 Å². The number of anilines is 2. The summed E-state index contributed by atoms with van der Waals surface area (Å²) in [5.41, 5.74) is 8.76.